The number of ether oxygens (including phenoxy) is 1. The van der Waals surface area contributed by atoms with Crippen LogP contribution < -0.4 is 5.32 Å². The van der Waals surface area contributed by atoms with Crippen LogP contribution in [0.15, 0.2) is 35.1 Å². The first kappa shape index (κ1) is 18.1. The Labute approximate surface area is 142 Å². The quantitative estimate of drug-likeness (QED) is 0.812. The van der Waals surface area contributed by atoms with Gasteiger partial charge in [0.2, 0.25) is 0 Å². The lowest BCUT2D eigenvalue weighted by atomic mass is 9.90. The lowest BCUT2D eigenvalue weighted by molar-refractivity contribution is -0.141. The SMILES string of the molecule is CC1=C(C2=CCN(C(=O)OC(C)(C)C)CC2)C=CC(C)(C(=O)O)N1. The third-order valence-corrected chi connectivity index (χ3v) is 4.09. The molecule has 0 saturated heterocycles. The standard InChI is InChI=1S/C18H26N2O4/c1-12-14(6-9-18(5,19-12)15(21)22)13-7-10-20(11-8-13)16(23)24-17(2,3)4/h6-7,9,19H,8,10-11H2,1-5H3,(H,21,22). The van der Waals surface area contributed by atoms with E-state index < -0.39 is 17.1 Å². The minimum atomic E-state index is -1.08. The van der Waals surface area contributed by atoms with Crippen molar-refractivity contribution in [1.82, 2.24) is 10.2 Å². The lowest BCUT2D eigenvalue weighted by Gasteiger charge is -2.33. The zero-order valence-electron chi connectivity index (χ0n) is 15.0. The summed E-state index contributed by atoms with van der Waals surface area (Å²) in [6.45, 7) is 10.1. The summed E-state index contributed by atoms with van der Waals surface area (Å²) in [7, 11) is 0. The van der Waals surface area contributed by atoms with Gasteiger partial charge in [-0.1, -0.05) is 12.2 Å². The van der Waals surface area contributed by atoms with Crippen LogP contribution in [0.25, 0.3) is 0 Å². The molecular weight excluding hydrogens is 308 g/mol. The van der Waals surface area contributed by atoms with E-state index in [9.17, 15) is 14.7 Å². The van der Waals surface area contributed by atoms with E-state index in [4.69, 9.17) is 4.74 Å². The molecular formula is C18H26N2O4. The summed E-state index contributed by atoms with van der Waals surface area (Å²) in [5, 5.41) is 12.3. The molecule has 1 amide bonds. The Hall–Kier alpha value is -2.24. The van der Waals surface area contributed by atoms with E-state index in [0.717, 1.165) is 16.8 Å². The number of carboxylic acids is 1. The van der Waals surface area contributed by atoms with Gasteiger partial charge in [-0.15, -0.1) is 0 Å². The summed E-state index contributed by atoms with van der Waals surface area (Å²) in [5.41, 5.74) is 1.36. The van der Waals surface area contributed by atoms with Gasteiger partial charge in [-0.3, -0.25) is 0 Å². The van der Waals surface area contributed by atoms with E-state index in [1.54, 1.807) is 17.9 Å². The average molecular weight is 334 g/mol. The fraction of sp³-hybridized carbons (Fsp3) is 0.556. The fourth-order valence-corrected chi connectivity index (χ4v) is 2.75. The number of hydrogen-bond donors (Lipinski definition) is 2. The van der Waals surface area contributed by atoms with Crippen LogP contribution in [0.1, 0.15) is 41.0 Å². The summed E-state index contributed by atoms with van der Waals surface area (Å²) in [6, 6.07) is 0. The molecule has 2 rings (SSSR count). The van der Waals surface area contributed by atoms with Crippen molar-refractivity contribution in [3.63, 3.8) is 0 Å². The molecule has 6 heteroatoms. The number of hydrogen-bond acceptors (Lipinski definition) is 4. The predicted molar refractivity (Wildman–Crippen MR) is 91.5 cm³/mol. The molecule has 0 aromatic rings. The Kier molecular flexibility index (Phi) is 4.78. The second kappa shape index (κ2) is 6.34. The highest BCUT2D eigenvalue weighted by Crippen LogP contribution is 2.28. The minimum absolute atomic E-state index is 0.306. The molecule has 2 aliphatic rings. The molecule has 1 unspecified atom stereocenters. The van der Waals surface area contributed by atoms with Gasteiger partial charge in [-0.05, 0) is 58.3 Å². The maximum Gasteiger partial charge on any atom is 0.410 e. The van der Waals surface area contributed by atoms with Crippen molar-refractivity contribution < 1.29 is 19.4 Å². The number of carboxylic acid groups (broad SMARTS) is 1. The van der Waals surface area contributed by atoms with Crippen molar-refractivity contribution in [2.24, 2.45) is 0 Å². The van der Waals surface area contributed by atoms with Gasteiger partial charge in [0.25, 0.3) is 0 Å². The Bertz CT molecular complexity index is 640. The van der Waals surface area contributed by atoms with Crippen LogP contribution in [-0.4, -0.2) is 46.3 Å². The summed E-state index contributed by atoms with van der Waals surface area (Å²) in [5.74, 6) is -0.911. The lowest BCUT2D eigenvalue weighted by Crippen LogP contribution is -2.48. The monoisotopic (exact) mass is 334 g/mol. The average Bonchev–Trinajstić information content (AvgIpc) is 2.45. The molecule has 132 valence electrons. The van der Waals surface area contributed by atoms with Crippen LogP contribution in [0, 0.1) is 0 Å². The first-order chi connectivity index (χ1) is 11.0. The van der Waals surface area contributed by atoms with Crippen LogP contribution in [0.2, 0.25) is 0 Å². The topological polar surface area (TPSA) is 78.9 Å². The highest BCUT2D eigenvalue weighted by Gasteiger charge is 2.33. The Morgan fingerprint density at radius 1 is 1.38 bits per heavy atom. The van der Waals surface area contributed by atoms with Crippen molar-refractivity contribution in [3.05, 3.63) is 35.1 Å². The van der Waals surface area contributed by atoms with E-state index in [-0.39, 0.29) is 6.09 Å². The van der Waals surface area contributed by atoms with Crippen molar-refractivity contribution in [1.29, 1.82) is 0 Å². The number of nitrogens with one attached hydrogen (secondary N) is 1. The Morgan fingerprint density at radius 3 is 2.50 bits per heavy atom. The predicted octanol–water partition coefficient (Wildman–Crippen LogP) is 2.83. The Balaban J connectivity index is 2.07. The van der Waals surface area contributed by atoms with Gasteiger partial charge in [0.15, 0.2) is 5.54 Å². The van der Waals surface area contributed by atoms with Gasteiger partial charge in [0, 0.05) is 18.8 Å². The number of aliphatic carboxylic acids is 1. The number of nitrogens with zero attached hydrogens (tertiary/aromatic N) is 1. The van der Waals surface area contributed by atoms with Crippen LogP contribution in [-0.2, 0) is 9.53 Å². The third kappa shape index (κ3) is 3.99. The van der Waals surface area contributed by atoms with Gasteiger partial charge in [-0.25, -0.2) is 9.59 Å². The molecule has 0 aromatic carbocycles. The van der Waals surface area contributed by atoms with Crippen molar-refractivity contribution in [2.75, 3.05) is 13.1 Å². The summed E-state index contributed by atoms with van der Waals surface area (Å²) in [4.78, 5) is 25.1. The molecule has 2 heterocycles. The van der Waals surface area contributed by atoms with Crippen molar-refractivity contribution in [3.8, 4) is 0 Å². The molecule has 1 atom stereocenters. The minimum Gasteiger partial charge on any atom is -0.479 e. The molecule has 0 radical (unpaired) electrons. The van der Waals surface area contributed by atoms with Gasteiger partial charge < -0.3 is 20.1 Å². The van der Waals surface area contributed by atoms with Crippen LogP contribution in [0.3, 0.4) is 0 Å². The van der Waals surface area contributed by atoms with Crippen molar-refractivity contribution in [2.45, 2.75) is 52.2 Å². The molecule has 0 saturated carbocycles. The van der Waals surface area contributed by atoms with Gasteiger partial charge in [-0.2, -0.15) is 0 Å². The second-order valence-corrected chi connectivity index (χ2v) is 7.41. The van der Waals surface area contributed by atoms with E-state index in [0.29, 0.717) is 19.5 Å². The highest BCUT2D eigenvalue weighted by molar-refractivity contribution is 5.82. The van der Waals surface area contributed by atoms with E-state index in [1.807, 2.05) is 39.8 Å². The number of dihydropyridines is 1. The largest absolute Gasteiger partial charge is 0.479 e. The number of amides is 1. The molecule has 2 aliphatic heterocycles. The molecule has 24 heavy (non-hydrogen) atoms. The first-order valence-electron chi connectivity index (χ1n) is 8.11. The van der Waals surface area contributed by atoms with E-state index in [2.05, 4.69) is 5.32 Å². The third-order valence-electron chi connectivity index (χ3n) is 4.09. The zero-order valence-corrected chi connectivity index (χ0v) is 15.0. The number of carbonyl (C=O) groups excluding carboxylic acids is 1. The van der Waals surface area contributed by atoms with Crippen LogP contribution >= 0.6 is 0 Å². The van der Waals surface area contributed by atoms with Gasteiger partial charge >= 0.3 is 12.1 Å². The summed E-state index contributed by atoms with van der Waals surface area (Å²) in [6.07, 6.45) is 5.93. The first-order valence-corrected chi connectivity index (χ1v) is 8.11. The normalized spacial score (nSPS) is 24.4. The smallest absolute Gasteiger partial charge is 0.410 e. The Morgan fingerprint density at radius 2 is 2.04 bits per heavy atom. The van der Waals surface area contributed by atoms with E-state index in [1.165, 1.54) is 0 Å². The number of allylic oxidation sites excluding steroid dienone is 3. The van der Waals surface area contributed by atoms with Gasteiger partial charge in [0.05, 0.1) is 0 Å². The fourth-order valence-electron chi connectivity index (χ4n) is 2.75. The summed E-state index contributed by atoms with van der Waals surface area (Å²) < 4.78 is 5.39. The van der Waals surface area contributed by atoms with Crippen LogP contribution in [0.5, 0.6) is 0 Å². The number of carbonyl (C=O) groups is 2. The van der Waals surface area contributed by atoms with Gasteiger partial charge in [0.1, 0.15) is 5.60 Å². The van der Waals surface area contributed by atoms with E-state index >= 15 is 0 Å². The molecule has 0 aliphatic carbocycles. The molecule has 2 N–H and O–H groups in total. The molecule has 6 nitrogen and oxygen atoms in total. The summed E-state index contributed by atoms with van der Waals surface area (Å²) >= 11 is 0. The molecule has 0 bridgehead atoms. The molecule has 0 fully saturated rings. The van der Waals surface area contributed by atoms with Crippen LogP contribution in [0.4, 0.5) is 4.79 Å². The molecule has 0 spiro atoms. The maximum absolute atomic E-state index is 12.1. The van der Waals surface area contributed by atoms with Crippen molar-refractivity contribution >= 4 is 12.1 Å². The maximum atomic E-state index is 12.1. The highest BCUT2D eigenvalue weighted by atomic mass is 16.6. The molecule has 0 aromatic heterocycles. The zero-order chi connectivity index (χ0) is 18.1. The second-order valence-electron chi connectivity index (χ2n) is 7.41. The number of rotatable bonds is 2.